The number of carbonyl (C=O) groups is 2. The van der Waals surface area contributed by atoms with E-state index < -0.39 is 0 Å². The highest BCUT2D eigenvalue weighted by molar-refractivity contribution is 6.03. The highest BCUT2D eigenvalue weighted by Crippen LogP contribution is 2.15. The first kappa shape index (κ1) is 16.7. The molecule has 120 valence electrons. The fraction of sp³-hybridized carbons (Fsp3) is 0.222. The fourth-order valence-corrected chi connectivity index (χ4v) is 2.16. The number of nitrogens with one attached hydrogen (secondary N) is 2. The molecule has 0 unspecified atom stereocenters. The van der Waals surface area contributed by atoms with E-state index in [0.717, 1.165) is 23.2 Å². The van der Waals surface area contributed by atoms with Gasteiger partial charge in [-0.3, -0.25) is 9.59 Å². The van der Waals surface area contributed by atoms with Crippen molar-refractivity contribution in [3.8, 4) is 0 Å². The average molecular weight is 314 g/mol. The van der Waals surface area contributed by atoms with Gasteiger partial charge in [-0.15, -0.1) is 0 Å². The number of rotatable bonds is 6. The molecule has 0 atom stereocenters. The van der Waals surface area contributed by atoms with Crippen molar-refractivity contribution >= 4 is 17.5 Å². The van der Waals surface area contributed by atoms with E-state index in [4.69, 9.17) is 0 Å². The maximum absolute atomic E-state index is 12.8. The molecule has 0 aliphatic carbocycles. The van der Waals surface area contributed by atoms with Gasteiger partial charge in [-0.05, 0) is 35.7 Å². The number of anilines is 1. The minimum absolute atomic E-state index is 0.251. The zero-order valence-corrected chi connectivity index (χ0v) is 12.9. The largest absolute Gasteiger partial charge is 0.352 e. The third-order valence-electron chi connectivity index (χ3n) is 3.40. The Bertz CT molecular complexity index is 684. The first-order chi connectivity index (χ1) is 11.1. The number of hydrogen-bond acceptors (Lipinski definition) is 2. The van der Waals surface area contributed by atoms with E-state index in [-0.39, 0.29) is 30.6 Å². The number of halogens is 1. The molecular weight excluding hydrogens is 295 g/mol. The van der Waals surface area contributed by atoms with Gasteiger partial charge in [0.2, 0.25) is 11.8 Å². The molecule has 0 saturated carbocycles. The molecule has 23 heavy (non-hydrogen) atoms. The lowest BCUT2D eigenvalue weighted by Crippen LogP contribution is -2.27. The lowest BCUT2D eigenvalue weighted by molar-refractivity contribution is -0.126. The molecule has 0 spiro atoms. The molecule has 0 radical (unpaired) electrons. The molecule has 5 heteroatoms. The van der Waals surface area contributed by atoms with Gasteiger partial charge in [0.15, 0.2) is 0 Å². The molecule has 2 N–H and O–H groups in total. The monoisotopic (exact) mass is 314 g/mol. The number of amides is 2. The summed E-state index contributed by atoms with van der Waals surface area (Å²) in [6.07, 6.45) is 0.548. The van der Waals surface area contributed by atoms with E-state index in [1.807, 2.05) is 31.2 Å². The van der Waals surface area contributed by atoms with Crippen LogP contribution in [0.2, 0.25) is 0 Å². The summed E-state index contributed by atoms with van der Waals surface area (Å²) in [6, 6.07) is 13.3. The summed E-state index contributed by atoms with van der Waals surface area (Å²) in [5, 5.41) is 5.39. The van der Waals surface area contributed by atoms with Gasteiger partial charge in [0, 0.05) is 12.2 Å². The zero-order valence-electron chi connectivity index (χ0n) is 12.9. The summed E-state index contributed by atoms with van der Waals surface area (Å²) in [7, 11) is 0. The molecule has 2 amide bonds. The van der Waals surface area contributed by atoms with Crippen LogP contribution in [0.25, 0.3) is 0 Å². The summed E-state index contributed by atoms with van der Waals surface area (Å²) >= 11 is 0. The van der Waals surface area contributed by atoms with Gasteiger partial charge in [0.1, 0.15) is 12.2 Å². The van der Waals surface area contributed by atoms with Gasteiger partial charge >= 0.3 is 0 Å². The number of para-hydroxylation sites is 1. The SMILES string of the molecule is CCc1ccccc1NC(=O)CC(=O)NCc1ccc(F)cc1. The van der Waals surface area contributed by atoms with E-state index in [1.54, 1.807) is 12.1 Å². The van der Waals surface area contributed by atoms with Gasteiger partial charge in [-0.1, -0.05) is 37.3 Å². The molecule has 2 aromatic carbocycles. The Morgan fingerprint density at radius 3 is 2.39 bits per heavy atom. The van der Waals surface area contributed by atoms with Crippen molar-refractivity contribution in [2.75, 3.05) is 5.32 Å². The molecule has 4 nitrogen and oxygen atoms in total. The third-order valence-corrected chi connectivity index (χ3v) is 3.40. The predicted molar refractivity (Wildman–Crippen MR) is 87.3 cm³/mol. The molecule has 0 aliphatic heterocycles. The molecular formula is C18H19FN2O2. The minimum atomic E-state index is -0.374. The molecule has 2 rings (SSSR count). The Balaban J connectivity index is 1.82. The van der Waals surface area contributed by atoms with Crippen LogP contribution in [0, 0.1) is 5.82 Å². The second kappa shape index (κ2) is 8.08. The van der Waals surface area contributed by atoms with Crippen LogP contribution in [0.4, 0.5) is 10.1 Å². The number of carbonyl (C=O) groups excluding carboxylic acids is 2. The van der Waals surface area contributed by atoms with Crippen LogP contribution in [-0.2, 0) is 22.6 Å². The topological polar surface area (TPSA) is 58.2 Å². The van der Waals surface area contributed by atoms with Gasteiger partial charge in [-0.25, -0.2) is 4.39 Å². The van der Waals surface area contributed by atoms with Crippen LogP contribution in [0.15, 0.2) is 48.5 Å². The van der Waals surface area contributed by atoms with Crippen LogP contribution >= 0.6 is 0 Å². The van der Waals surface area contributed by atoms with Crippen LogP contribution in [0.3, 0.4) is 0 Å². The molecule has 0 aliphatic rings. The molecule has 0 saturated heterocycles. The quantitative estimate of drug-likeness (QED) is 0.805. The van der Waals surface area contributed by atoms with Crippen molar-refractivity contribution < 1.29 is 14.0 Å². The van der Waals surface area contributed by atoms with E-state index in [2.05, 4.69) is 10.6 Å². The second-order valence-electron chi connectivity index (χ2n) is 5.14. The van der Waals surface area contributed by atoms with Crippen molar-refractivity contribution in [3.63, 3.8) is 0 Å². The smallest absolute Gasteiger partial charge is 0.233 e. The van der Waals surface area contributed by atoms with Crippen molar-refractivity contribution in [2.24, 2.45) is 0 Å². The Kier molecular flexibility index (Phi) is 5.86. The Hall–Kier alpha value is -2.69. The van der Waals surface area contributed by atoms with E-state index in [0.29, 0.717) is 0 Å². The zero-order chi connectivity index (χ0) is 16.7. The summed E-state index contributed by atoms with van der Waals surface area (Å²) in [6.45, 7) is 2.26. The molecule has 2 aromatic rings. The predicted octanol–water partition coefficient (Wildman–Crippen LogP) is 3.03. The second-order valence-corrected chi connectivity index (χ2v) is 5.14. The summed E-state index contributed by atoms with van der Waals surface area (Å²) < 4.78 is 12.8. The van der Waals surface area contributed by atoms with Crippen LogP contribution in [0.1, 0.15) is 24.5 Å². The van der Waals surface area contributed by atoms with Crippen molar-refractivity contribution in [1.82, 2.24) is 5.32 Å². The van der Waals surface area contributed by atoms with Gasteiger partial charge < -0.3 is 10.6 Å². The van der Waals surface area contributed by atoms with Crippen molar-refractivity contribution in [3.05, 3.63) is 65.5 Å². The number of hydrogen-bond donors (Lipinski definition) is 2. The van der Waals surface area contributed by atoms with Crippen LogP contribution in [-0.4, -0.2) is 11.8 Å². The summed E-state index contributed by atoms with van der Waals surface area (Å²) in [4.78, 5) is 23.7. The lowest BCUT2D eigenvalue weighted by atomic mass is 10.1. The lowest BCUT2D eigenvalue weighted by Gasteiger charge is -2.10. The normalized spacial score (nSPS) is 10.2. The van der Waals surface area contributed by atoms with Gasteiger partial charge in [-0.2, -0.15) is 0 Å². The van der Waals surface area contributed by atoms with Crippen molar-refractivity contribution in [2.45, 2.75) is 26.3 Å². The summed E-state index contributed by atoms with van der Waals surface area (Å²) in [5.74, 6) is -1.06. The van der Waals surface area contributed by atoms with Gasteiger partial charge in [0.05, 0.1) is 0 Å². The summed E-state index contributed by atoms with van der Waals surface area (Å²) in [5.41, 5.74) is 2.52. The highest BCUT2D eigenvalue weighted by Gasteiger charge is 2.11. The average Bonchev–Trinajstić information content (AvgIpc) is 2.54. The maximum Gasteiger partial charge on any atom is 0.233 e. The first-order valence-electron chi connectivity index (χ1n) is 7.47. The van der Waals surface area contributed by atoms with Gasteiger partial charge in [0.25, 0.3) is 0 Å². The van der Waals surface area contributed by atoms with E-state index >= 15 is 0 Å². The molecule has 0 heterocycles. The third kappa shape index (κ3) is 5.21. The Morgan fingerprint density at radius 2 is 1.70 bits per heavy atom. The van der Waals surface area contributed by atoms with E-state index in [9.17, 15) is 14.0 Å². The molecule has 0 bridgehead atoms. The van der Waals surface area contributed by atoms with Crippen LogP contribution in [0.5, 0.6) is 0 Å². The first-order valence-corrected chi connectivity index (χ1v) is 7.47. The molecule has 0 aromatic heterocycles. The van der Waals surface area contributed by atoms with Crippen molar-refractivity contribution in [1.29, 1.82) is 0 Å². The fourth-order valence-electron chi connectivity index (χ4n) is 2.16. The maximum atomic E-state index is 12.8. The Morgan fingerprint density at radius 1 is 1.00 bits per heavy atom. The van der Waals surface area contributed by atoms with E-state index in [1.165, 1.54) is 12.1 Å². The minimum Gasteiger partial charge on any atom is -0.352 e. The highest BCUT2D eigenvalue weighted by atomic mass is 19.1. The molecule has 0 fully saturated rings. The number of benzene rings is 2. The van der Waals surface area contributed by atoms with Crippen LogP contribution < -0.4 is 10.6 Å². The Labute approximate surface area is 134 Å². The number of aryl methyl sites for hydroxylation is 1. The standard InChI is InChI=1S/C18H19FN2O2/c1-2-14-5-3-4-6-16(14)21-18(23)11-17(22)20-12-13-7-9-15(19)10-8-13/h3-10H,2,11-12H2,1H3,(H,20,22)(H,21,23).